The summed E-state index contributed by atoms with van der Waals surface area (Å²) in [5.74, 6) is 3.84. The van der Waals surface area contributed by atoms with Crippen molar-refractivity contribution < 1.29 is 5.11 Å². The van der Waals surface area contributed by atoms with Crippen LogP contribution in [0, 0.1) is 18.8 Å². The van der Waals surface area contributed by atoms with Crippen LogP contribution in [-0.4, -0.2) is 20.7 Å². The normalized spacial score (nSPS) is 28.5. The number of hydrogen-bond donors (Lipinski definition) is 1. The summed E-state index contributed by atoms with van der Waals surface area (Å²) >= 11 is 4.30. The molecule has 1 nitrogen and oxygen atoms in total. The van der Waals surface area contributed by atoms with Gasteiger partial charge in [0.15, 0.2) is 0 Å². The largest absolute Gasteiger partial charge is 0.388 e. The van der Waals surface area contributed by atoms with Gasteiger partial charge in [-0.3, -0.25) is 0 Å². The monoisotopic (exact) mass is 384 g/mol. The first-order chi connectivity index (χ1) is 12.7. The van der Waals surface area contributed by atoms with Crippen molar-refractivity contribution >= 4 is 23.5 Å². The topological polar surface area (TPSA) is 20.2 Å². The van der Waals surface area contributed by atoms with E-state index in [2.05, 4.69) is 92.0 Å². The van der Waals surface area contributed by atoms with Crippen LogP contribution in [0.2, 0.25) is 0 Å². The zero-order chi connectivity index (χ0) is 18.1. The van der Waals surface area contributed by atoms with Crippen LogP contribution in [0.1, 0.15) is 48.5 Å². The number of rotatable bonds is 5. The van der Waals surface area contributed by atoms with Crippen LogP contribution in [0.25, 0.3) is 0 Å². The molecule has 26 heavy (non-hydrogen) atoms. The van der Waals surface area contributed by atoms with Gasteiger partial charge in [-0.2, -0.15) is 0 Å². The lowest BCUT2D eigenvalue weighted by atomic mass is 10.00. The quantitative estimate of drug-likeness (QED) is 0.679. The van der Waals surface area contributed by atoms with Crippen molar-refractivity contribution in [3.8, 4) is 0 Å². The maximum absolute atomic E-state index is 11.3. The SMILES string of the molecule is CCC1([C@@H]2[C@@H](c3ccccc3)[C@@H]2[C@H](O)c2ccc(C)cc2)SCCCS1. The van der Waals surface area contributed by atoms with Gasteiger partial charge in [0.05, 0.1) is 10.2 Å². The van der Waals surface area contributed by atoms with Gasteiger partial charge in [0.25, 0.3) is 0 Å². The van der Waals surface area contributed by atoms with Crippen molar-refractivity contribution in [3.63, 3.8) is 0 Å². The molecule has 4 rings (SSSR count). The summed E-state index contributed by atoms with van der Waals surface area (Å²) in [5.41, 5.74) is 3.71. The average molecular weight is 385 g/mol. The first kappa shape index (κ1) is 18.5. The lowest BCUT2D eigenvalue weighted by molar-refractivity contribution is 0.144. The maximum atomic E-state index is 11.3. The molecule has 1 aliphatic carbocycles. The molecule has 2 aromatic rings. The fourth-order valence-corrected chi connectivity index (χ4v) is 8.29. The summed E-state index contributed by atoms with van der Waals surface area (Å²) in [6.07, 6.45) is 2.11. The van der Waals surface area contributed by atoms with E-state index in [-0.39, 0.29) is 10.2 Å². The van der Waals surface area contributed by atoms with Crippen molar-refractivity contribution in [1.29, 1.82) is 0 Å². The Kier molecular flexibility index (Phi) is 5.41. The van der Waals surface area contributed by atoms with Gasteiger partial charge in [-0.1, -0.05) is 67.1 Å². The third-order valence-corrected chi connectivity index (χ3v) is 9.82. The van der Waals surface area contributed by atoms with Crippen LogP contribution in [0.3, 0.4) is 0 Å². The number of hydrogen-bond acceptors (Lipinski definition) is 3. The van der Waals surface area contributed by atoms with Crippen molar-refractivity contribution in [1.82, 2.24) is 0 Å². The number of aliphatic hydroxyl groups is 1. The van der Waals surface area contributed by atoms with Crippen molar-refractivity contribution in [2.45, 2.75) is 42.8 Å². The number of aliphatic hydroxyl groups excluding tert-OH is 1. The minimum Gasteiger partial charge on any atom is -0.388 e. The minimum atomic E-state index is -0.377. The predicted octanol–water partition coefficient (Wildman–Crippen LogP) is 6.03. The van der Waals surface area contributed by atoms with Gasteiger partial charge in [0.2, 0.25) is 0 Å². The van der Waals surface area contributed by atoms with E-state index >= 15 is 0 Å². The summed E-state index contributed by atoms with van der Waals surface area (Å²) in [6.45, 7) is 4.44. The number of thioether (sulfide) groups is 2. The van der Waals surface area contributed by atoms with Gasteiger partial charge in [0.1, 0.15) is 0 Å². The predicted molar refractivity (Wildman–Crippen MR) is 115 cm³/mol. The Morgan fingerprint density at radius 3 is 2.31 bits per heavy atom. The molecule has 0 amide bonds. The smallest absolute Gasteiger partial charge is 0.0827 e. The standard InChI is InChI=1S/C23H28OS2/c1-3-23(25-14-7-15-26-23)21-19(17-8-5-4-6-9-17)20(21)22(24)18-12-10-16(2)11-13-18/h4-6,8-13,19-22,24H,3,7,14-15H2,1-2H3/t19-,20-,21+,22+/m0/s1. The van der Waals surface area contributed by atoms with Crippen molar-refractivity contribution in [2.75, 3.05) is 11.5 Å². The molecule has 1 aliphatic heterocycles. The first-order valence-electron chi connectivity index (χ1n) is 9.74. The Bertz CT molecular complexity index is 722. The summed E-state index contributed by atoms with van der Waals surface area (Å²) in [5, 5.41) is 11.3. The molecule has 0 bridgehead atoms. The fraction of sp³-hybridized carbons (Fsp3) is 0.478. The van der Waals surface area contributed by atoms with Gasteiger partial charge in [-0.15, -0.1) is 23.5 Å². The number of aryl methyl sites for hydroxylation is 1. The van der Waals surface area contributed by atoms with E-state index in [4.69, 9.17) is 0 Å². The molecule has 0 aromatic heterocycles. The second-order valence-electron chi connectivity index (χ2n) is 7.61. The zero-order valence-corrected chi connectivity index (χ0v) is 17.2. The first-order valence-corrected chi connectivity index (χ1v) is 11.7. The molecule has 2 fully saturated rings. The summed E-state index contributed by atoms with van der Waals surface area (Å²) in [6, 6.07) is 19.3. The summed E-state index contributed by atoms with van der Waals surface area (Å²) < 4.78 is 0.259. The van der Waals surface area contributed by atoms with Crippen LogP contribution in [-0.2, 0) is 0 Å². The van der Waals surface area contributed by atoms with Gasteiger partial charge >= 0.3 is 0 Å². The average Bonchev–Trinajstić information content (AvgIpc) is 3.45. The van der Waals surface area contributed by atoms with E-state index in [1.807, 2.05) is 0 Å². The molecule has 3 heteroatoms. The molecule has 0 radical (unpaired) electrons. The van der Waals surface area contributed by atoms with Gasteiger partial charge in [-0.25, -0.2) is 0 Å². The van der Waals surface area contributed by atoms with Crippen LogP contribution < -0.4 is 0 Å². The molecular weight excluding hydrogens is 356 g/mol. The minimum absolute atomic E-state index is 0.259. The van der Waals surface area contributed by atoms with E-state index in [0.717, 1.165) is 5.56 Å². The Balaban J connectivity index is 1.67. The molecule has 1 N–H and O–H groups in total. The Hall–Kier alpha value is -0.900. The lowest BCUT2D eigenvalue weighted by Crippen LogP contribution is -2.28. The van der Waals surface area contributed by atoms with Crippen LogP contribution in [0.4, 0.5) is 0 Å². The maximum Gasteiger partial charge on any atom is 0.0827 e. The van der Waals surface area contributed by atoms with Gasteiger partial charge < -0.3 is 5.11 Å². The molecule has 138 valence electrons. The molecular formula is C23H28OS2. The van der Waals surface area contributed by atoms with E-state index in [1.54, 1.807) is 0 Å². The van der Waals surface area contributed by atoms with Crippen LogP contribution >= 0.6 is 23.5 Å². The third-order valence-electron chi connectivity index (χ3n) is 6.03. The molecule has 1 heterocycles. The Morgan fingerprint density at radius 2 is 1.69 bits per heavy atom. The summed E-state index contributed by atoms with van der Waals surface area (Å²) in [4.78, 5) is 0. The van der Waals surface area contributed by atoms with E-state index in [1.165, 1.54) is 35.5 Å². The molecule has 0 unspecified atom stereocenters. The Morgan fingerprint density at radius 1 is 1.04 bits per heavy atom. The molecule has 1 saturated carbocycles. The third kappa shape index (κ3) is 3.34. The zero-order valence-electron chi connectivity index (χ0n) is 15.6. The van der Waals surface area contributed by atoms with Crippen LogP contribution in [0.15, 0.2) is 54.6 Å². The molecule has 1 saturated heterocycles. The Labute approximate surface area is 166 Å². The lowest BCUT2D eigenvalue weighted by Gasteiger charge is -2.36. The fourth-order valence-electron chi connectivity index (χ4n) is 4.61. The van der Waals surface area contributed by atoms with Crippen molar-refractivity contribution in [3.05, 3.63) is 71.3 Å². The highest BCUT2D eigenvalue weighted by molar-refractivity contribution is 8.18. The molecule has 0 spiro atoms. The highest BCUT2D eigenvalue weighted by Crippen LogP contribution is 2.70. The highest BCUT2D eigenvalue weighted by Gasteiger charge is 2.64. The van der Waals surface area contributed by atoms with Crippen LogP contribution in [0.5, 0.6) is 0 Å². The van der Waals surface area contributed by atoms with E-state index in [0.29, 0.717) is 17.8 Å². The van der Waals surface area contributed by atoms with E-state index in [9.17, 15) is 5.11 Å². The van der Waals surface area contributed by atoms with Gasteiger partial charge in [0, 0.05) is 5.92 Å². The molecule has 4 atom stereocenters. The number of benzene rings is 2. The second-order valence-corrected chi connectivity index (χ2v) is 10.7. The van der Waals surface area contributed by atoms with Crippen molar-refractivity contribution in [2.24, 2.45) is 11.8 Å². The highest BCUT2D eigenvalue weighted by atomic mass is 32.2. The van der Waals surface area contributed by atoms with Gasteiger partial charge in [-0.05, 0) is 54.2 Å². The molecule has 2 aliphatic rings. The summed E-state index contributed by atoms with van der Waals surface area (Å²) in [7, 11) is 0. The van der Waals surface area contributed by atoms with E-state index < -0.39 is 0 Å². The second kappa shape index (κ2) is 7.61. The molecule has 2 aromatic carbocycles.